The number of likely N-dealkylation sites (tertiary alicyclic amines) is 1. The molecule has 2 aliphatic heterocycles. The minimum atomic E-state index is -0.175. The number of rotatable bonds is 4. The zero-order valence-corrected chi connectivity index (χ0v) is 25.0. The SMILES string of the molecule is Cc1cn(C[C@H]2CCCN(C(=O)[C@H]3CN(C4c5ccc(Cl)cc5CCc5cc(Br)cnc54)CCN3C)C2)cn1. The number of aryl methyl sites for hydroxylation is 3. The van der Waals surface area contributed by atoms with Crippen LogP contribution >= 0.6 is 27.5 Å². The summed E-state index contributed by atoms with van der Waals surface area (Å²) in [5.41, 5.74) is 5.93. The van der Waals surface area contributed by atoms with Crippen LogP contribution in [0.2, 0.25) is 5.02 Å². The summed E-state index contributed by atoms with van der Waals surface area (Å²) in [4.78, 5) is 30.2. The van der Waals surface area contributed by atoms with Gasteiger partial charge < -0.3 is 9.47 Å². The Morgan fingerprint density at radius 3 is 2.77 bits per heavy atom. The van der Waals surface area contributed by atoms with Gasteiger partial charge in [-0.25, -0.2) is 4.98 Å². The molecule has 2 saturated heterocycles. The predicted molar refractivity (Wildman–Crippen MR) is 157 cm³/mol. The largest absolute Gasteiger partial charge is 0.341 e. The number of hydrogen-bond donors (Lipinski definition) is 0. The Bertz CT molecular complexity index is 1310. The summed E-state index contributed by atoms with van der Waals surface area (Å²) in [5, 5.41) is 0.768. The third-order valence-corrected chi connectivity index (χ3v) is 9.35. The standard InChI is InChI=1S/C30H36BrClN6O/c1-20-15-36(19-34-20)16-21-4-3-9-38(17-21)30(39)27-18-37(11-10-35(27)2)29-26-8-7-25(32)13-22(26)5-6-23-12-24(31)14-33-28(23)29/h7-8,12-15,19,21,27,29H,3-6,9-11,16-18H2,1-2H3/t21-,27-,29?/m1/s1. The minimum absolute atomic E-state index is 0.00505. The van der Waals surface area contributed by atoms with Crippen LogP contribution in [0.15, 0.2) is 47.5 Å². The van der Waals surface area contributed by atoms with Gasteiger partial charge in [0.15, 0.2) is 0 Å². The highest BCUT2D eigenvalue weighted by atomic mass is 79.9. The van der Waals surface area contributed by atoms with E-state index in [1.165, 1.54) is 16.7 Å². The zero-order chi connectivity index (χ0) is 27.1. The van der Waals surface area contributed by atoms with Gasteiger partial charge in [0.05, 0.1) is 23.8 Å². The molecule has 0 radical (unpaired) electrons. The van der Waals surface area contributed by atoms with Gasteiger partial charge in [0, 0.05) is 61.2 Å². The second-order valence-corrected chi connectivity index (χ2v) is 12.8. The van der Waals surface area contributed by atoms with Gasteiger partial charge in [-0.1, -0.05) is 17.7 Å². The van der Waals surface area contributed by atoms with Crippen molar-refractivity contribution < 1.29 is 4.79 Å². The van der Waals surface area contributed by atoms with Crippen LogP contribution in [0.25, 0.3) is 0 Å². The molecule has 1 unspecified atom stereocenters. The predicted octanol–water partition coefficient (Wildman–Crippen LogP) is 4.75. The first-order valence-electron chi connectivity index (χ1n) is 14.0. The number of aromatic nitrogens is 3. The fraction of sp³-hybridized carbons (Fsp3) is 0.500. The van der Waals surface area contributed by atoms with E-state index >= 15 is 0 Å². The van der Waals surface area contributed by atoms with Crippen LogP contribution in [0.3, 0.4) is 0 Å². The van der Waals surface area contributed by atoms with Crippen LogP contribution in [0, 0.1) is 12.8 Å². The Morgan fingerprint density at radius 1 is 1.10 bits per heavy atom. The molecule has 9 heteroatoms. The lowest BCUT2D eigenvalue weighted by Gasteiger charge is -2.45. The summed E-state index contributed by atoms with van der Waals surface area (Å²) in [5.74, 6) is 0.706. The molecule has 1 aliphatic carbocycles. The Hall–Kier alpha value is -2.26. The van der Waals surface area contributed by atoms with Gasteiger partial charge in [0.1, 0.15) is 6.04 Å². The van der Waals surface area contributed by atoms with E-state index in [4.69, 9.17) is 16.6 Å². The molecule has 206 valence electrons. The first-order chi connectivity index (χ1) is 18.9. The molecule has 3 aromatic rings. The van der Waals surface area contributed by atoms with Gasteiger partial charge >= 0.3 is 0 Å². The molecule has 1 amide bonds. The number of hydrogen-bond acceptors (Lipinski definition) is 5. The van der Waals surface area contributed by atoms with Gasteiger partial charge in [-0.15, -0.1) is 0 Å². The quantitative estimate of drug-likeness (QED) is 0.427. The van der Waals surface area contributed by atoms with E-state index in [1.54, 1.807) is 0 Å². The number of nitrogens with zero attached hydrogens (tertiary/aromatic N) is 6. The van der Waals surface area contributed by atoms with Crippen LogP contribution in [0.1, 0.15) is 47.0 Å². The number of piperazine rings is 1. The summed E-state index contributed by atoms with van der Waals surface area (Å²) in [6.45, 7) is 6.99. The number of amides is 1. The maximum atomic E-state index is 14.0. The second-order valence-electron chi connectivity index (χ2n) is 11.4. The fourth-order valence-electron chi connectivity index (χ4n) is 6.67. The zero-order valence-electron chi connectivity index (χ0n) is 22.7. The van der Waals surface area contributed by atoms with E-state index in [-0.39, 0.29) is 18.0 Å². The van der Waals surface area contributed by atoms with Crippen molar-refractivity contribution in [1.82, 2.24) is 29.2 Å². The van der Waals surface area contributed by atoms with Crippen molar-refractivity contribution >= 4 is 33.4 Å². The van der Waals surface area contributed by atoms with Gasteiger partial charge in [-0.3, -0.25) is 19.6 Å². The first kappa shape index (κ1) is 26.9. The number of carbonyl (C=O) groups is 1. The van der Waals surface area contributed by atoms with E-state index in [0.29, 0.717) is 12.5 Å². The molecule has 1 aromatic carbocycles. The van der Waals surface area contributed by atoms with E-state index < -0.39 is 0 Å². The Labute approximate surface area is 244 Å². The number of piperidine rings is 1. The molecule has 3 aliphatic rings. The highest BCUT2D eigenvalue weighted by Crippen LogP contribution is 2.38. The topological polar surface area (TPSA) is 57.5 Å². The summed E-state index contributed by atoms with van der Waals surface area (Å²) < 4.78 is 3.17. The third kappa shape index (κ3) is 5.67. The molecule has 39 heavy (non-hydrogen) atoms. The summed E-state index contributed by atoms with van der Waals surface area (Å²) in [7, 11) is 2.10. The number of likely N-dealkylation sites (N-methyl/N-ethyl adjacent to an activating group) is 1. The molecule has 0 bridgehead atoms. The maximum Gasteiger partial charge on any atom is 0.241 e. The molecule has 0 spiro atoms. The fourth-order valence-corrected chi connectivity index (χ4v) is 7.25. The van der Waals surface area contributed by atoms with Crippen molar-refractivity contribution in [2.75, 3.05) is 39.8 Å². The molecule has 3 atom stereocenters. The van der Waals surface area contributed by atoms with Crippen molar-refractivity contribution in [3.63, 3.8) is 0 Å². The van der Waals surface area contributed by atoms with Crippen molar-refractivity contribution in [3.05, 3.63) is 80.6 Å². The average Bonchev–Trinajstić information content (AvgIpc) is 3.26. The number of fused-ring (bicyclic) bond motifs is 2. The smallest absolute Gasteiger partial charge is 0.241 e. The third-order valence-electron chi connectivity index (χ3n) is 8.68. The summed E-state index contributed by atoms with van der Waals surface area (Å²) in [6.07, 6.45) is 9.95. The van der Waals surface area contributed by atoms with Crippen LogP contribution in [-0.2, 0) is 24.2 Å². The van der Waals surface area contributed by atoms with Gasteiger partial charge in [0.2, 0.25) is 5.91 Å². The molecule has 2 aromatic heterocycles. The monoisotopic (exact) mass is 610 g/mol. The summed E-state index contributed by atoms with van der Waals surface area (Å²) in [6, 6.07) is 8.31. The molecular formula is C30H36BrClN6O. The molecule has 2 fully saturated rings. The Morgan fingerprint density at radius 2 is 1.95 bits per heavy atom. The number of pyridine rings is 1. The molecule has 0 N–H and O–H groups in total. The average molecular weight is 612 g/mol. The van der Waals surface area contributed by atoms with Crippen molar-refractivity contribution in [2.45, 2.75) is 51.2 Å². The van der Waals surface area contributed by atoms with E-state index in [9.17, 15) is 4.79 Å². The second kappa shape index (κ2) is 11.3. The van der Waals surface area contributed by atoms with Crippen LogP contribution in [0.5, 0.6) is 0 Å². The lowest BCUT2D eigenvalue weighted by Crippen LogP contribution is -2.60. The van der Waals surface area contributed by atoms with Gasteiger partial charge in [-0.2, -0.15) is 0 Å². The van der Waals surface area contributed by atoms with Gasteiger partial charge in [0.25, 0.3) is 0 Å². The number of halogens is 2. The molecular weight excluding hydrogens is 576 g/mol. The Kier molecular flexibility index (Phi) is 7.82. The molecule has 0 saturated carbocycles. The normalized spacial score (nSPS) is 24.2. The van der Waals surface area contributed by atoms with E-state index in [0.717, 1.165) is 79.3 Å². The highest BCUT2D eigenvalue weighted by molar-refractivity contribution is 9.10. The van der Waals surface area contributed by atoms with E-state index in [2.05, 4.69) is 71.6 Å². The number of carbonyl (C=O) groups excluding carboxylic acids is 1. The number of benzene rings is 1. The lowest BCUT2D eigenvalue weighted by atomic mass is 9.94. The van der Waals surface area contributed by atoms with Crippen LogP contribution < -0.4 is 0 Å². The number of imidazole rings is 1. The van der Waals surface area contributed by atoms with Crippen LogP contribution in [0.4, 0.5) is 0 Å². The maximum absolute atomic E-state index is 14.0. The molecule has 7 nitrogen and oxygen atoms in total. The lowest BCUT2D eigenvalue weighted by molar-refractivity contribution is -0.141. The molecule has 4 heterocycles. The highest BCUT2D eigenvalue weighted by Gasteiger charge is 2.39. The van der Waals surface area contributed by atoms with Crippen molar-refractivity contribution in [2.24, 2.45) is 5.92 Å². The van der Waals surface area contributed by atoms with Crippen molar-refractivity contribution in [1.29, 1.82) is 0 Å². The Balaban J connectivity index is 1.25. The first-order valence-corrected chi connectivity index (χ1v) is 15.2. The van der Waals surface area contributed by atoms with E-state index in [1.807, 2.05) is 25.5 Å². The van der Waals surface area contributed by atoms with Crippen LogP contribution in [-0.4, -0.2) is 81.0 Å². The van der Waals surface area contributed by atoms with Gasteiger partial charge in [-0.05, 0) is 96.4 Å². The van der Waals surface area contributed by atoms with Crippen molar-refractivity contribution in [3.8, 4) is 0 Å². The molecule has 6 rings (SSSR count). The summed E-state index contributed by atoms with van der Waals surface area (Å²) >= 11 is 10.1. The minimum Gasteiger partial charge on any atom is -0.341 e.